The molecule has 2 heterocycles. The largest absolute Gasteiger partial charge is 0.328 e. The first kappa shape index (κ1) is 12.6. The van der Waals surface area contributed by atoms with Gasteiger partial charge < -0.3 is 4.52 Å². The van der Waals surface area contributed by atoms with Crippen molar-refractivity contribution >= 4 is 34.3 Å². The van der Waals surface area contributed by atoms with Crippen molar-refractivity contribution in [1.29, 1.82) is 0 Å². The summed E-state index contributed by atoms with van der Waals surface area (Å²) in [6.45, 7) is 1.66. The van der Waals surface area contributed by atoms with Gasteiger partial charge in [0, 0.05) is 5.39 Å². The maximum absolute atomic E-state index is 12.1. The highest BCUT2D eigenvalue weighted by Gasteiger charge is 2.14. The van der Waals surface area contributed by atoms with Gasteiger partial charge in [0.25, 0.3) is 5.91 Å². The third kappa shape index (κ3) is 2.33. The first-order valence-electron chi connectivity index (χ1n) is 5.80. The van der Waals surface area contributed by atoms with Gasteiger partial charge in [0.05, 0.1) is 0 Å². The van der Waals surface area contributed by atoms with Crippen molar-refractivity contribution in [2.45, 2.75) is 6.92 Å². The number of benzene rings is 1. The number of carbonyl (C=O) groups excluding carboxylic acids is 1. The number of halogens is 1. The molecule has 0 aliphatic carbocycles. The average Bonchev–Trinajstić information content (AvgIpc) is 2.84. The first-order chi connectivity index (χ1) is 9.63. The van der Waals surface area contributed by atoms with Gasteiger partial charge in [0.1, 0.15) is 10.8 Å². The molecule has 3 aromatic rings. The fourth-order valence-corrected chi connectivity index (χ4v) is 2.04. The standard InChI is InChI=1S/C13H9ClN4O2/c1-7-15-13(20-18-7)17-12(19)10-6-8-4-2-3-5-9(8)11(14)16-10/h2-6H,1H3,(H,15,17,18,19). The first-order valence-corrected chi connectivity index (χ1v) is 6.18. The van der Waals surface area contributed by atoms with Gasteiger partial charge in [-0.05, 0) is 18.4 Å². The lowest BCUT2D eigenvalue weighted by molar-refractivity contribution is 0.101. The molecule has 1 N–H and O–H groups in total. The Morgan fingerprint density at radius 2 is 2.10 bits per heavy atom. The van der Waals surface area contributed by atoms with Crippen LogP contribution in [0.25, 0.3) is 10.8 Å². The second-order valence-corrected chi connectivity index (χ2v) is 4.48. The molecule has 0 radical (unpaired) electrons. The van der Waals surface area contributed by atoms with Crippen LogP contribution in [0.5, 0.6) is 0 Å². The second-order valence-electron chi connectivity index (χ2n) is 4.12. The van der Waals surface area contributed by atoms with Crippen molar-refractivity contribution in [3.05, 3.63) is 47.0 Å². The molecule has 20 heavy (non-hydrogen) atoms. The lowest BCUT2D eigenvalue weighted by Gasteiger charge is -2.04. The summed E-state index contributed by atoms with van der Waals surface area (Å²) >= 11 is 6.07. The van der Waals surface area contributed by atoms with Crippen LogP contribution >= 0.6 is 11.6 Å². The molecule has 100 valence electrons. The van der Waals surface area contributed by atoms with Crippen molar-refractivity contribution in [3.8, 4) is 0 Å². The molecule has 0 fully saturated rings. The highest BCUT2D eigenvalue weighted by Crippen LogP contribution is 2.22. The number of nitrogens with one attached hydrogen (secondary N) is 1. The Bertz CT molecular complexity index is 800. The normalized spacial score (nSPS) is 10.7. The maximum Gasteiger partial charge on any atom is 0.328 e. The van der Waals surface area contributed by atoms with Crippen LogP contribution in [-0.4, -0.2) is 21.0 Å². The number of amides is 1. The monoisotopic (exact) mass is 288 g/mol. The fourth-order valence-electron chi connectivity index (χ4n) is 1.78. The summed E-state index contributed by atoms with van der Waals surface area (Å²) in [7, 11) is 0. The van der Waals surface area contributed by atoms with Gasteiger partial charge in [-0.2, -0.15) is 4.98 Å². The van der Waals surface area contributed by atoms with Crippen LogP contribution in [0.2, 0.25) is 5.15 Å². The molecule has 6 nitrogen and oxygen atoms in total. The number of aryl methyl sites for hydroxylation is 1. The van der Waals surface area contributed by atoms with Gasteiger partial charge in [-0.3, -0.25) is 10.1 Å². The number of nitrogens with zero attached hydrogens (tertiary/aromatic N) is 3. The number of pyridine rings is 1. The number of carbonyl (C=O) groups is 1. The molecule has 2 aromatic heterocycles. The molecular weight excluding hydrogens is 280 g/mol. The topological polar surface area (TPSA) is 80.9 Å². The molecular formula is C13H9ClN4O2. The van der Waals surface area contributed by atoms with E-state index in [1.807, 2.05) is 24.3 Å². The van der Waals surface area contributed by atoms with Gasteiger partial charge in [-0.15, -0.1) is 0 Å². The Morgan fingerprint density at radius 1 is 1.30 bits per heavy atom. The maximum atomic E-state index is 12.1. The lowest BCUT2D eigenvalue weighted by Crippen LogP contribution is -2.14. The smallest absolute Gasteiger partial charge is 0.315 e. The van der Waals surface area contributed by atoms with E-state index in [2.05, 4.69) is 20.4 Å². The number of fused-ring (bicyclic) bond motifs is 1. The summed E-state index contributed by atoms with van der Waals surface area (Å²) in [6.07, 6.45) is 0. The van der Waals surface area contributed by atoms with Crippen molar-refractivity contribution in [2.24, 2.45) is 0 Å². The van der Waals surface area contributed by atoms with Crippen molar-refractivity contribution in [2.75, 3.05) is 5.32 Å². The third-order valence-corrected chi connectivity index (χ3v) is 2.96. The Labute approximate surface area is 118 Å². The number of aromatic nitrogens is 3. The van der Waals surface area contributed by atoms with Crippen LogP contribution in [0.1, 0.15) is 16.3 Å². The van der Waals surface area contributed by atoms with Crippen LogP contribution in [0, 0.1) is 6.92 Å². The van der Waals surface area contributed by atoms with E-state index in [9.17, 15) is 4.79 Å². The average molecular weight is 289 g/mol. The molecule has 0 saturated heterocycles. The van der Waals surface area contributed by atoms with Gasteiger partial charge in [-0.1, -0.05) is 41.0 Å². The summed E-state index contributed by atoms with van der Waals surface area (Å²) in [5.41, 5.74) is 0.185. The zero-order valence-electron chi connectivity index (χ0n) is 10.4. The molecule has 3 rings (SSSR count). The van der Waals surface area contributed by atoms with Gasteiger partial charge in [-0.25, -0.2) is 4.98 Å². The molecule has 0 atom stereocenters. The van der Waals surface area contributed by atoms with Crippen molar-refractivity contribution in [3.63, 3.8) is 0 Å². The second kappa shape index (κ2) is 4.90. The van der Waals surface area contributed by atoms with E-state index < -0.39 is 5.91 Å². The van der Waals surface area contributed by atoms with E-state index in [1.165, 1.54) is 0 Å². The predicted molar refractivity (Wildman–Crippen MR) is 73.7 cm³/mol. The summed E-state index contributed by atoms with van der Waals surface area (Å²) in [5.74, 6) is -0.0221. The minimum atomic E-state index is -0.457. The van der Waals surface area contributed by atoms with Crippen LogP contribution in [-0.2, 0) is 0 Å². The fraction of sp³-hybridized carbons (Fsp3) is 0.0769. The van der Waals surface area contributed by atoms with Crippen LogP contribution in [0.3, 0.4) is 0 Å². The lowest BCUT2D eigenvalue weighted by atomic mass is 10.1. The van der Waals surface area contributed by atoms with E-state index >= 15 is 0 Å². The molecule has 0 unspecified atom stereocenters. The van der Waals surface area contributed by atoms with Gasteiger partial charge in [0.15, 0.2) is 5.82 Å². The number of anilines is 1. The van der Waals surface area contributed by atoms with Crippen LogP contribution < -0.4 is 5.32 Å². The molecule has 1 amide bonds. The van der Waals surface area contributed by atoms with E-state index in [0.29, 0.717) is 5.82 Å². The third-order valence-electron chi connectivity index (χ3n) is 2.67. The summed E-state index contributed by atoms with van der Waals surface area (Å²) < 4.78 is 4.82. The SMILES string of the molecule is Cc1noc(NC(=O)c2cc3ccccc3c(Cl)n2)n1. The molecule has 0 aliphatic rings. The number of hydrogen-bond acceptors (Lipinski definition) is 5. The van der Waals surface area contributed by atoms with Gasteiger partial charge >= 0.3 is 6.01 Å². The van der Waals surface area contributed by atoms with Crippen LogP contribution in [0.4, 0.5) is 6.01 Å². The quantitative estimate of drug-likeness (QED) is 0.733. The molecule has 1 aromatic carbocycles. The summed E-state index contributed by atoms with van der Waals surface area (Å²) in [6, 6.07) is 9.10. The Balaban J connectivity index is 1.95. The molecule has 0 saturated carbocycles. The molecule has 7 heteroatoms. The van der Waals surface area contributed by atoms with Crippen LogP contribution in [0.15, 0.2) is 34.9 Å². The highest BCUT2D eigenvalue weighted by molar-refractivity contribution is 6.34. The minimum Gasteiger partial charge on any atom is -0.315 e. The van der Waals surface area contributed by atoms with Crippen molar-refractivity contribution < 1.29 is 9.32 Å². The number of rotatable bonds is 2. The zero-order valence-corrected chi connectivity index (χ0v) is 11.2. The predicted octanol–water partition coefficient (Wildman–Crippen LogP) is 2.83. The highest BCUT2D eigenvalue weighted by atomic mass is 35.5. The van der Waals surface area contributed by atoms with E-state index in [-0.39, 0.29) is 16.9 Å². The minimum absolute atomic E-state index is 0.0265. The zero-order chi connectivity index (χ0) is 14.1. The molecule has 0 bridgehead atoms. The van der Waals surface area contributed by atoms with E-state index in [0.717, 1.165) is 10.8 Å². The number of hydrogen-bond donors (Lipinski definition) is 1. The summed E-state index contributed by atoms with van der Waals surface area (Å²) in [4.78, 5) is 20.0. The van der Waals surface area contributed by atoms with E-state index in [4.69, 9.17) is 16.1 Å². The van der Waals surface area contributed by atoms with E-state index in [1.54, 1.807) is 13.0 Å². The molecule has 0 spiro atoms. The summed E-state index contributed by atoms with van der Waals surface area (Å²) in [5, 5.41) is 7.95. The Kier molecular flexibility index (Phi) is 3.08. The Morgan fingerprint density at radius 3 is 2.85 bits per heavy atom. The molecule has 0 aliphatic heterocycles. The van der Waals surface area contributed by atoms with Gasteiger partial charge in [0.2, 0.25) is 0 Å². The Hall–Kier alpha value is -2.47. The van der Waals surface area contributed by atoms with Crippen molar-refractivity contribution in [1.82, 2.24) is 15.1 Å².